The normalized spacial score (nSPS) is 25.7. The Hall–Kier alpha value is -2.47. The van der Waals surface area contributed by atoms with Gasteiger partial charge in [0, 0.05) is 35.5 Å². The van der Waals surface area contributed by atoms with Crippen molar-refractivity contribution < 1.29 is 22.7 Å². The van der Waals surface area contributed by atoms with Gasteiger partial charge in [-0.05, 0) is 106 Å². The quantitative estimate of drug-likeness (QED) is 0.442. The predicted molar refractivity (Wildman–Crippen MR) is 156 cm³/mol. The molecule has 2 aromatic rings. The van der Waals surface area contributed by atoms with Crippen molar-refractivity contribution in [1.82, 2.24) is 19.2 Å². The van der Waals surface area contributed by atoms with Crippen LogP contribution in [0.15, 0.2) is 52.3 Å². The molecular formula is C29H40N4O5S2. The lowest BCUT2D eigenvalue weighted by Crippen LogP contribution is -2.52. The van der Waals surface area contributed by atoms with Gasteiger partial charge in [0.1, 0.15) is 0 Å². The lowest BCUT2D eigenvalue weighted by Gasteiger charge is -2.45. The molecule has 2 amide bonds. The molecule has 11 heteroatoms. The fourth-order valence-corrected chi connectivity index (χ4v) is 8.71. The molecule has 3 unspecified atom stereocenters. The minimum Gasteiger partial charge on any atom is -0.493 e. The number of urea groups is 1. The summed E-state index contributed by atoms with van der Waals surface area (Å²) in [5, 5.41) is 3.17. The van der Waals surface area contributed by atoms with Crippen LogP contribution in [0, 0.1) is 0 Å². The Morgan fingerprint density at radius 3 is 2.40 bits per heavy atom. The van der Waals surface area contributed by atoms with Gasteiger partial charge < -0.3 is 19.7 Å². The second-order valence-electron chi connectivity index (χ2n) is 11.1. The van der Waals surface area contributed by atoms with Crippen LogP contribution in [0.3, 0.4) is 0 Å². The van der Waals surface area contributed by atoms with Gasteiger partial charge in [-0.2, -0.15) is 4.31 Å². The number of hydrogen-bond donors (Lipinski definition) is 2. The van der Waals surface area contributed by atoms with E-state index in [-0.39, 0.29) is 17.5 Å². The molecule has 3 atom stereocenters. The van der Waals surface area contributed by atoms with Crippen LogP contribution in [0.25, 0.3) is 0 Å². The number of amides is 2. The third kappa shape index (κ3) is 5.79. The molecule has 0 bridgehead atoms. The van der Waals surface area contributed by atoms with Crippen LogP contribution in [-0.2, 0) is 15.4 Å². The van der Waals surface area contributed by atoms with Crippen molar-refractivity contribution in [3.8, 4) is 11.5 Å². The van der Waals surface area contributed by atoms with E-state index >= 15 is 0 Å². The number of fused-ring (bicyclic) bond motifs is 1. The third-order valence-electron chi connectivity index (χ3n) is 8.86. The number of carbonyl (C=O) groups is 1. The van der Waals surface area contributed by atoms with E-state index in [0.717, 1.165) is 67.9 Å². The summed E-state index contributed by atoms with van der Waals surface area (Å²) in [6, 6.07) is 13.1. The van der Waals surface area contributed by atoms with Gasteiger partial charge in [-0.1, -0.05) is 12.5 Å². The zero-order chi connectivity index (χ0) is 28.3. The summed E-state index contributed by atoms with van der Waals surface area (Å²) in [5.41, 5.74) is 1.29. The summed E-state index contributed by atoms with van der Waals surface area (Å²) < 4.78 is 41.2. The molecule has 9 nitrogen and oxygen atoms in total. The van der Waals surface area contributed by atoms with Gasteiger partial charge in [0.25, 0.3) is 0 Å². The molecule has 2 saturated heterocycles. The number of methoxy groups -OCH3 is 2. The molecule has 1 aliphatic carbocycles. The van der Waals surface area contributed by atoms with E-state index in [4.69, 9.17) is 9.47 Å². The SMILES string of the molecule is COc1ccc(C23CCC(NC(=O)NSc4ccc(S(=O)(=O)N5CCCCC5)cc4)CC2N(C)CC3)cc1OC. The van der Waals surface area contributed by atoms with Crippen molar-refractivity contribution in [3.05, 3.63) is 48.0 Å². The molecule has 3 fully saturated rings. The van der Waals surface area contributed by atoms with Crippen LogP contribution in [0.2, 0.25) is 0 Å². The van der Waals surface area contributed by atoms with E-state index < -0.39 is 10.0 Å². The van der Waals surface area contributed by atoms with Crippen molar-refractivity contribution in [2.75, 3.05) is 40.9 Å². The first-order valence-electron chi connectivity index (χ1n) is 14.0. The van der Waals surface area contributed by atoms with Gasteiger partial charge in [0.2, 0.25) is 10.0 Å². The second-order valence-corrected chi connectivity index (χ2v) is 13.9. The molecule has 218 valence electrons. The Labute approximate surface area is 242 Å². The fraction of sp³-hybridized carbons (Fsp3) is 0.552. The Bertz CT molecular complexity index is 1300. The Morgan fingerprint density at radius 2 is 1.70 bits per heavy atom. The van der Waals surface area contributed by atoms with Gasteiger partial charge in [-0.3, -0.25) is 4.72 Å². The molecule has 0 aromatic heterocycles. The Kier molecular flexibility index (Phi) is 8.84. The number of likely N-dealkylation sites (N-methyl/N-ethyl adjacent to an activating group) is 1. The Balaban J connectivity index is 1.17. The van der Waals surface area contributed by atoms with Crippen LogP contribution in [0.4, 0.5) is 4.79 Å². The first kappa shape index (κ1) is 29.0. The van der Waals surface area contributed by atoms with Gasteiger partial charge in [-0.15, -0.1) is 0 Å². The molecule has 2 N–H and O–H groups in total. The third-order valence-corrected chi connectivity index (χ3v) is 11.6. The average molecular weight is 589 g/mol. The summed E-state index contributed by atoms with van der Waals surface area (Å²) >= 11 is 1.19. The lowest BCUT2D eigenvalue weighted by atomic mass is 9.65. The van der Waals surface area contributed by atoms with E-state index in [0.29, 0.717) is 24.0 Å². The molecule has 0 radical (unpaired) electrons. The fourth-order valence-electron chi connectivity index (χ4n) is 6.65. The first-order valence-corrected chi connectivity index (χ1v) is 16.3. The summed E-state index contributed by atoms with van der Waals surface area (Å²) in [4.78, 5) is 16.3. The van der Waals surface area contributed by atoms with E-state index in [2.05, 4.69) is 34.1 Å². The standard InChI is InChI=1S/C29H40N4O5S2/c1-32-18-15-29(21-7-12-25(37-2)26(19-21)38-3)14-13-22(20-27(29)32)30-28(34)31-39-23-8-10-24(11-9-23)40(35,36)33-16-5-4-6-17-33/h7-12,19,22,27H,4-6,13-18,20H2,1-3H3,(H2,30,31,34). The number of piperidine rings is 1. The maximum atomic E-state index is 12.9. The van der Waals surface area contributed by atoms with Crippen LogP contribution >= 0.6 is 11.9 Å². The van der Waals surface area contributed by atoms with Crippen molar-refractivity contribution >= 4 is 28.0 Å². The molecular weight excluding hydrogens is 548 g/mol. The number of rotatable bonds is 8. The van der Waals surface area contributed by atoms with Crippen LogP contribution < -0.4 is 19.5 Å². The highest BCUT2D eigenvalue weighted by atomic mass is 32.2. The predicted octanol–water partition coefficient (Wildman–Crippen LogP) is 4.38. The number of benzene rings is 2. The van der Waals surface area contributed by atoms with E-state index in [1.807, 2.05) is 6.07 Å². The van der Waals surface area contributed by atoms with Crippen LogP contribution in [0.1, 0.15) is 50.5 Å². The van der Waals surface area contributed by atoms with Crippen molar-refractivity contribution in [2.24, 2.45) is 0 Å². The minimum atomic E-state index is -3.47. The number of sulfonamides is 1. The maximum absolute atomic E-state index is 12.9. The van der Waals surface area contributed by atoms with E-state index in [9.17, 15) is 13.2 Å². The first-order chi connectivity index (χ1) is 19.3. The smallest absolute Gasteiger partial charge is 0.325 e. The highest BCUT2D eigenvalue weighted by molar-refractivity contribution is 7.98. The zero-order valence-electron chi connectivity index (χ0n) is 23.5. The maximum Gasteiger partial charge on any atom is 0.325 e. The molecule has 3 aliphatic rings. The van der Waals surface area contributed by atoms with Gasteiger partial charge >= 0.3 is 6.03 Å². The molecule has 1 saturated carbocycles. The minimum absolute atomic E-state index is 0.0218. The topological polar surface area (TPSA) is 100 Å². The average Bonchev–Trinajstić information content (AvgIpc) is 3.33. The van der Waals surface area contributed by atoms with Crippen LogP contribution in [0.5, 0.6) is 11.5 Å². The van der Waals surface area contributed by atoms with Crippen LogP contribution in [-0.4, -0.2) is 76.6 Å². The number of carbonyl (C=O) groups excluding carboxylic acids is 1. The van der Waals surface area contributed by atoms with Gasteiger partial charge in [0.15, 0.2) is 11.5 Å². The summed E-state index contributed by atoms with van der Waals surface area (Å²) in [6.07, 6.45) is 6.69. The zero-order valence-corrected chi connectivity index (χ0v) is 25.2. The van der Waals surface area contributed by atoms with Crippen molar-refractivity contribution in [3.63, 3.8) is 0 Å². The molecule has 2 heterocycles. The summed E-state index contributed by atoms with van der Waals surface area (Å²) in [6.45, 7) is 2.17. The van der Waals surface area contributed by atoms with Gasteiger partial charge in [0.05, 0.1) is 19.1 Å². The highest BCUT2D eigenvalue weighted by Gasteiger charge is 2.50. The number of nitrogens with one attached hydrogen (secondary N) is 2. The molecule has 40 heavy (non-hydrogen) atoms. The van der Waals surface area contributed by atoms with Crippen molar-refractivity contribution in [2.45, 2.75) is 72.2 Å². The Morgan fingerprint density at radius 1 is 0.975 bits per heavy atom. The summed E-state index contributed by atoms with van der Waals surface area (Å²) in [7, 11) is 2.02. The van der Waals surface area contributed by atoms with Crippen molar-refractivity contribution in [1.29, 1.82) is 0 Å². The number of likely N-dealkylation sites (tertiary alicyclic amines) is 1. The summed E-state index contributed by atoms with van der Waals surface area (Å²) in [5.74, 6) is 1.48. The second kappa shape index (κ2) is 12.2. The lowest BCUT2D eigenvalue weighted by molar-refractivity contribution is 0.155. The monoisotopic (exact) mass is 588 g/mol. The van der Waals surface area contributed by atoms with Gasteiger partial charge in [-0.25, -0.2) is 13.2 Å². The number of ether oxygens (including phenoxy) is 2. The molecule has 2 aromatic carbocycles. The largest absolute Gasteiger partial charge is 0.493 e. The highest BCUT2D eigenvalue weighted by Crippen LogP contribution is 2.49. The number of nitrogens with zero attached hydrogens (tertiary/aromatic N) is 2. The number of hydrogen-bond acceptors (Lipinski definition) is 7. The van der Waals surface area contributed by atoms with E-state index in [1.165, 1.54) is 17.5 Å². The molecule has 0 spiro atoms. The molecule has 5 rings (SSSR count). The van der Waals surface area contributed by atoms with E-state index in [1.54, 1.807) is 42.8 Å². The molecule has 2 aliphatic heterocycles.